The fourth-order valence-electron chi connectivity index (χ4n) is 1.39. The minimum absolute atomic E-state index is 0.0566. The van der Waals surface area contributed by atoms with E-state index in [4.69, 9.17) is 16.7 Å². The molecule has 1 heterocycles. The van der Waals surface area contributed by atoms with Crippen LogP contribution >= 0.6 is 11.6 Å². The molecule has 0 saturated carbocycles. The van der Waals surface area contributed by atoms with Gasteiger partial charge in [-0.1, -0.05) is 23.7 Å². The van der Waals surface area contributed by atoms with Gasteiger partial charge in [-0.25, -0.2) is 19.2 Å². The van der Waals surface area contributed by atoms with Crippen molar-refractivity contribution in [3.8, 4) is 11.4 Å². The third kappa shape index (κ3) is 2.31. The van der Waals surface area contributed by atoms with Crippen molar-refractivity contribution in [1.29, 1.82) is 0 Å². The third-order valence-corrected chi connectivity index (χ3v) is 2.65. The van der Waals surface area contributed by atoms with Gasteiger partial charge >= 0.3 is 5.97 Å². The zero-order chi connectivity index (χ0) is 13.3. The molecule has 0 atom stereocenters. The maximum atomic E-state index is 13.4. The predicted molar refractivity (Wildman–Crippen MR) is 64.1 cm³/mol. The fourth-order valence-corrected chi connectivity index (χ4v) is 1.56. The van der Waals surface area contributed by atoms with Gasteiger partial charge in [0.05, 0.1) is 11.2 Å². The second-order valence-corrected chi connectivity index (χ2v) is 4.07. The average molecular weight is 267 g/mol. The predicted octanol–water partition coefficient (Wildman–Crippen LogP) is 2.94. The average Bonchev–Trinajstić information content (AvgIpc) is 2.33. The highest BCUT2D eigenvalue weighted by atomic mass is 35.5. The van der Waals surface area contributed by atoms with Gasteiger partial charge < -0.3 is 5.11 Å². The Morgan fingerprint density at radius 2 is 2.17 bits per heavy atom. The summed E-state index contributed by atoms with van der Waals surface area (Å²) in [5, 5.41) is 8.83. The highest BCUT2D eigenvalue weighted by Crippen LogP contribution is 2.21. The lowest BCUT2D eigenvalue weighted by molar-refractivity contribution is 0.0690. The number of benzene rings is 1. The van der Waals surface area contributed by atoms with Gasteiger partial charge in [0.2, 0.25) is 0 Å². The summed E-state index contributed by atoms with van der Waals surface area (Å²) in [6.45, 7) is 1.63. The largest absolute Gasteiger partial charge is 0.476 e. The van der Waals surface area contributed by atoms with E-state index < -0.39 is 11.8 Å². The maximum absolute atomic E-state index is 13.4. The van der Waals surface area contributed by atoms with Crippen LogP contribution in [0.25, 0.3) is 11.4 Å². The molecule has 1 aromatic heterocycles. The molecule has 18 heavy (non-hydrogen) atoms. The zero-order valence-electron chi connectivity index (χ0n) is 9.32. The Bertz CT molecular complexity index is 631. The first-order valence-electron chi connectivity index (χ1n) is 5.01. The molecule has 0 bridgehead atoms. The Labute approximate surface area is 107 Å². The van der Waals surface area contributed by atoms with Crippen LogP contribution in [0.15, 0.2) is 24.4 Å². The number of hydrogen-bond acceptors (Lipinski definition) is 3. The normalized spacial score (nSPS) is 10.4. The molecule has 0 spiro atoms. The van der Waals surface area contributed by atoms with Gasteiger partial charge in [-0.15, -0.1) is 0 Å². The number of carboxylic acid groups (broad SMARTS) is 1. The Balaban J connectivity index is 2.54. The van der Waals surface area contributed by atoms with Gasteiger partial charge in [0.1, 0.15) is 5.82 Å². The van der Waals surface area contributed by atoms with Gasteiger partial charge in [-0.2, -0.15) is 0 Å². The molecule has 1 aromatic carbocycles. The molecule has 6 heteroatoms. The van der Waals surface area contributed by atoms with Crippen LogP contribution in [0.5, 0.6) is 0 Å². The number of aromatic nitrogens is 2. The second-order valence-electron chi connectivity index (χ2n) is 3.66. The maximum Gasteiger partial charge on any atom is 0.356 e. The first-order chi connectivity index (χ1) is 8.49. The molecular formula is C12H8ClFN2O2. The van der Waals surface area contributed by atoms with Crippen LogP contribution in [0.2, 0.25) is 5.02 Å². The van der Waals surface area contributed by atoms with Crippen LogP contribution in [0.1, 0.15) is 16.1 Å². The molecule has 1 N–H and O–H groups in total. The quantitative estimate of drug-likeness (QED) is 0.908. The minimum atomic E-state index is -1.25. The Morgan fingerprint density at radius 1 is 1.44 bits per heavy atom. The number of aromatic carboxylic acids is 1. The number of nitrogens with zero attached hydrogens (tertiary/aromatic N) is 2. The molecule has 0 radical (unpaired) electrons. The Kier molecular flexibility index (Phi) is 3.25. The number of halogens is 2. The van der Waals surface area contributed by atoms with Gasteiger partial charge in [0.15, 0.2) is 11.5 Å². The van der Waals surface area contributed by atoms with E-state index in [1.165, 1.54) is 12.3 Å². The summed E-state index contributed by atoms with van der Waals surface area (Å²) < 4.78 is 13.4. The first-order valence-corrected chi connectivity index (χ1v) is 5.39. The lowest BCUT2D eigenvalue weighted by Gasteiger charge is -2.04. The van der Waals surface area contributed by atoms with Crippen LogP contribution < -0.4 is 0 Å². The van der Waals surface area contributed by atoms with Crippen molar-refractivity contribution in [2.24, 2.45) is 0 Å². The van der Waals surface area contributed by atoms with Crippen molar-refractivity contribution in [1.82, 2.24) is 9.97 Å². The Hall–Kier alpha value is -2.01. The van der Waals surface area contributed by atoms with Gasteiger partial charge in [0, 0.05) is 5.56 Å². The molecule has 0 unspecified atom stereocenters. The second kappa shape index (κ2) is 4.70. The number of hydrogen-bond donors (Lipinski definition) is 1. The van der Waals surface area contributed by atoms with Crippen LogP contribution in [-0.2, 0) is 0 Å². The van der Waals surface area contributed by atoms with Gasteiger partial charge in [-0.05, 0) is 18.6 Å². The summed E-state index contributed by atoms with van der Waals surface area (Å²) in [7, 11) is 0. The van der Waals surface area contributed by atoms with Gasteiger partial charge in [-0.3, -0.25) is 0 Å². The lowest BCUT2D eigenvalue weighted by atomic mass is 10.1. The SMILES string of the molecule is Cc1ccc(-c2ncc(Cl)c(C(=O)O)n2)cc1F. The topological polar surface area (TPSA) is 63.1 Å². The standard InChI is InChI=1S/C12H8ClFN2O2/c1-6-2-3-7(4-9(6)14)11-15-5-8(13)10(16-11)12(17)18/h2-5H,1H3,(H,17,18). The van der Waals surface area contributed by atoms with Crippen LogP contribution in [0, 0.1) is 12.7 Å². The van der Waals surface area contributed by atoms with E-state index >= 15 is 0 Å². The zero-order valence-corrected chi connectivity index (χ0v) is 10.1. The molecule has 2 rings (SSSR count). The summed E-state index contributed by atoms with van der Waals surface area (Å²) in [6.07, 6.45) is 1.19. The molecule has 0 fully saturated rings. The highest BCUT2D eigenvalue weighted by molar-refractivity contribution is 6.33. The number of carbonyl (C=O) groups is 1. The molecule has 0 amide bonds. The molecule has 4 nitrogen and oxygen atoms in total. The van der Waals surface area contributed by atoms with Crippen molar-refractivity contribution in [3.05, 3.63) is 46.5 Å². The molecule has 0 aliphatic heterocycles. The number of carboxylic acids is 1. The molecule has 0 saturated heterocycles. The summed E-state index contributed by atoms with van der Waals surface area (Å²) in [5.74, 6) is -1.53. The van der Waals surface area contributed by atoms with Crippen molar-refractivity contribution < 1.29 is 14.3 Å². The molecule has 2 aromatic rings. The van der Waals surface area contributed by atoms with E-state index in [-0.39, 0.29) is 16.5 Å². The molecule has 92 valence electrons. The fraction of sp³-hybridized carbons (Fsp3) is 0.0833. The van der Waals surface area contributed by atoms with Crippen molar-refractivity contribution in [3.63, 3.8) is 0 Å². The van der Waals surface area contributed by atoms with Crippen molar-refractivity contribution in [2.45, 2.75) is 6.92 Å². The van der Waals surface area contributed by atoms with Crippen molar-refractivity contribution in [2.75, 3.05) is 0 Å². The van der Waals surface area contributed by atoms with E-state index in [0.29, 0.717) is 11.1 Å². The number of aryl methyl sites for hydroxylation is 1. The monoisotopic (exact) mass is 266 g/mol. The highest BCUT2D eigenvalue weighted by Gasteiger charge is 2.14. The van der Waals surface area contributed by atoms with E-state index in [1.54, 1.807) is 19.1 Å². The smallest absolute Gasteiger partial charge is 0.356 e. The molecule has 0 aliphatic carbocycles. The molecule has 0 aliphatic rings. The van der Waals surface area contributed by atoms with Crippen LogP contribution in [0.4, 0.5) is 4.39 Å². The van der Waals surface area contributed by atoms with Gasteiger partial charge in [0.25, 0.3) is 0 Å². The van der Waals surface area contributed by atoms with Crippen molar-refractivity contribution >= 4 is 17.6 Å². The minimum Gasteiger partial charge on any atom is -0.476 e. The summed E-state index contributed by atoms with van der Waals surface area (Å²) >= 11 is 5.66. The molecular weight excluding hydrogens is 259 g/mol. The summed E-state index contributed by atoms with van der Waals surface area (Å²) in [4.78, 5) is 18.6. The van der Waals surface area contributed by atoms with Crippen LogP contribution in [-0.4, -0.2) is 21.0 Å². The summed E-state index contributed by atoms with van der Waals surface area (Å²) in [6, 6.07) is 4.44. The van der Waals surface area contributed by atoms with E-state index in [9.17, 15) is 9.18 Å². The summed E-state index contributed by atoms with van der Waals surface area (Å²) in [5.41, 5.74) is 0.589. The first kappa shape index (κ1) is 12.4. The van der Waals surface area contributed by atoms with E-state index in [1.807, 2.05) is 0 Å². The Morgan fingerprint density at radius 3 is 2.78 bits per heavy atom. The van der Waals surface area contributed by atoms with Crippen LogP contribution in [0.3, 0.4) is 0 Å². The van der Waals surface area contributed by atoms with E-state index in [0.717, 1.165) is 0 Å². The van der Waals surface area contributed by atoms with E-state index in [2.05, 4.69) is 9.97 Å². The third-order valence-electron chi connectivity index (χ3n) is 2.38. The number of rotatable bonds is 2. The lowest BCUT2D eigenvalue weighted by Crippen LogP contribution is -2.04.